The van der Waals surface area contributed by atoms with Gasteiger partial charge in [-0.05, 0) is 51.5 Å². The first-order valence-corrected chi connectivity index (χ1v) is 8.87. The van der Waals surface area contributed by atoms with Gasteiger partial charge in [0.15, 0.2) is 0 Å². The van der Waals surface area contributed by atoms with Gasteiger partial charge in [-0.1, -0.05) is 5.16 Å². The van der Waals surface area contributed by atoms with E-state index in [2.05, 4.69) is 15.5 Å². The molecule has 0 saturated heterocycles. The number of carbonyl (C=O) groups is 2. The first-order chi connectivity index (χ1) is 12.8. The van der Waals surface area contributed by atoms with Gasteiger partial charge in [0.2, 0.25) is 17.6 Å². The van der Waals surface area contributed by atoms with Crippen molar-refractivity contribution < 1.29 is 24.0 Å². The molecule has 0 aliphatic carbocycles. The number of ether oxygens (including phenoxy) is 1. The predicted molar refractivity (Wildman–Crippen MR) is 98.3 cm³/mol. The number of carboxylic acid groups (broad SMARTS) is 1. The Balaban J connectivity index is 1.86. The normalized spacial score (nSPS) is 11.2. The van der Waals surface area contributed by atoms with Crippen LogP contribution in [0.3, 0.4) is 0 Å². The second-order valence-electron chi connectivity index (χ2n) is 6.79. The molecule has 8 nitrogen and oxygen atoms in total. The number of nitrogens with one attached hydrogen (secondary N) is 1. The van der Waals surface area contributed by atoms with Crippen molar-refractivity contribution in [2.45, 2.75) is 52.0 Å². The molecule has 1 aromatic heterocycles. The molecule has 146 valence electrons. The fraction of sp³-hybridized carbons (Fsp3) is 0.474. The number of aryl methyl sites for hydroxylation is 1. The van der Waals surface area contributed by atoms with E-state index in [4.69, 9.17) is 14.4 Å². The summed E-state index contributed by atoms with van der Waals surface area (Å²) in [5, 5.41) is 15.5. The monoisotopic (exact) mass is 375 g/mol. The fourth-order valence-corrected chi connectivity index (χ4v) is 2.48. The summed E-state index contributed by atoms with van der Waals surface area (Å²) in [5.74, 6) is 0.524. The lowest BCUT2D eigenvalue weighted by Crippen LogP contribution is -2.43. The number of carboxylic acids is 1. The summed E-state index contributed by atoms with van der Waals surface area (Å²) in [4.78, 5) is 27.1. The van der Waals surface area contributed by atoms with Crippen molar-refractivity contribution in [2.75, 3.05) is 6.61 Å². The van der Waals surface area contributed by atoms with Crippen molar-refractivity contribution in [2.24, 2.45) is 0 Å². The molecule has 0 aliphatic heterocycles. The summed E-state index contributed by atoms with van der Waals surface area (Å²) in [5.41, 5.74) is 0.213. The number of carbonyl (C=O) groups excluding carboxylic acids is 1. The SMILES string of the molecule is CCOc1ccc(-c2noc(CCC(=O)NC(C)(C)CCC(=O)O)n2)cc1. The van der Waals surface area contributed by atoms with Gasteiger partial charge in [0.05, 0.1) is 6.61 Å². The Morgan fingerprint density at radius 3 is 2.56 bits per heavy atom. The topological polar surface area (TPSA) is 115 Å². The van der Waals surface area contributed by atoms with Crippen molar-refractivity contribution in [3.05, 3.63) is 30.2 Å². The molecular weight excluding hydrogens is 350 g/mol. The molecular formula is C19H25N3O5. The predicted octanol–water partition coefficient (Wildman–Crippen LogP) is 2.83. The van der Waals surface area contributed by atoms with Gasteiger partial charge in [0.1, 0.15) is 5.75 Å². The smallest absolute Gasteiger partial charge is 0.303 e. The number of rotatable bonds is 10. The van der Waals surface area contributed by atoms with Crippen molar-refractivity contribution >= 4 is 11.9 Å². The molecule has 8 heteroatoms. The van der Waals surface area contributed by atoms with Crippen molar-refractivity contribution in [3.63, 3.8) is 0 Å². The van der Waals surface area contributed by atoms with Crippen molar-refractivity contribution in [1.29, 1.82) is 0 Å². The van der Waals surface area contributed by atoms with Crippen LogP contribution < -0.4 is 10.1 Å². The Morgan fingerprint density at radius 1 is 1.22 bits per heavy atom. The minimum atomic E-state index is -0.884. The summed E-state index contributed by atoms with van der Waals surface area (Å²) in [6.07, 6.45) is 0.852. The Hall–Kier alpha value is -2.90. The third kappa shape index (κ3) is 6.73. The Bertz CT molecular complexity index is 768. The zero-order valence-corrected chi connectivity index (χ0v) is 15.8. The first-order valence-electron chi connectivity index (χ1n) is 8.87. The summed E-state index contributed by atoms with van der Waals surface area (Å²) < 4.78 is 10.6. The van der Waals surface area contributed by atoms with Crippen LogP contribution in [-0.4, -0.2) is 39.3 Å². The second-order valence-corrected chi connectivity index (χ2v) is 6.79. The molecule has 0 atom stereocenters. The van der Waals surface area contributed by atoms with Crippen LogP contribution in [0, 0.1) is 0 Å². The van der Waals surface area contributed by atoms with E-state index in [0.717, 1.165) is 11.3 Å². The number of aromatic nitrogens is 2. The Labute approximate surface area is 157 Å². The lowest BCUT2D eigenvalue weighted by molar-refractivity contribution is -0.137. The van der Waals surface area contributed by atoms with Crippen LogP contribution in [0.4, 0.5) is 0 Å². The average molecular weight is 375 g/mol. The number of amides is 1. The lowest BCUT2D eigenvalue weighted by Gasteiger charge is -2.25. The van der Waals surface area contributed by atoms with Gasteiger partial charge in [-0.15, -0.1) is 0 Å². The molecule has 2 N–H and O–H groups in total. The maximum Gasteiger partial charge on any atom is 0.303 e. The highest BCUT2D eigenvalue weighted by atomic mass is 16.5. The summed E-state index contributed by atoms with van der Waals surface area (Å²) >= 11 is 0. The third-order valence-electron chi connectivity index (χ3n) is 3.90. The van der Waals surface area contributed by atoms with Crippen molar-refractivity contribution in [3.8, 4) is 17.1 Å². The molecule has 27 heavy (non-hydrogen) atoms. The molecule has 1 heterocycles. The number of aliphatic carboxylic acids is 1. The van der Waals surface area contributed by atoms with E-state index in [-0.39, 0.29) is 18.7 Å². The number of benzene rings is 1. The van der Waals surface area contributed by atoms with Crippen LogP contribution in [0.5, 0.6) is 5.75 Å². The van der Waals surface area contributed by atoms with E-state index >= 15 is 0 Å². The third-order valence-corrected chi connectivity index (χ3v) is 3.90. The zero-order chi connectivity index (χ0) is 19.9. The van der Waals surface area contributed by atoms with E-state index < -0.39 is 11.5 Å². The molecule has 0 bridgehead atoms. The number of nitrogens with zero attached hydrogens (tertiary/aromatic N) is 2. The fourth-order valence-electron chi connectivity index (χ4n) is 2.48. The highest BCUT2D eigenvalue weighted by molar-refractivity contribution is 5.77. The van der Waals surface area contributed by atoms with Gasteiger partial charge < -0.3 is 19.7 Å². The van der Waals surface area contributed by atoms with E-state index in [1.807, 2.05) is 31.2 Å². The van der Waals surface area contributed by atoms with Crippen LogP contribution in [0.15, 0.2) is 28.8 Å². The molecule has 0 fully saturated rings. The van der Waals surface area contributed by atoms with Crippen LogP contribution in [0.25, 0.3) is 11.4 Å². The van der Waals surface area contributed by atoms with Crippen LogP contribution in [0.1, 0.15) is 45.9 Å². The van der Waals surface area contributed by atoms with Gasteiger partial charge >= 0.3 is 5.97 Å². The summed E-state index contributed by atoms with van der Waals surface area (Å²) in [6.45, 7) is 6.11. The van der Waals surface area contributed by atoms with Gasteiger partial charge in [-0.25, -0.2) is 0 Å². The van der Waals surface area contributed by atoms with Gasteiger partial charge in [-0.2, -0.15) is 4.98 Å². The molecule has 0 unspecified atom stereocenters. The van der Waals surface area contributed by atoms with Crippen LogP contribution in [0.2, 0.25) is 0 Å². The standard InChI is InChI=1S/C19H25N3O5/c1-4-26-14-7-5-13(6-8-14)18-20-16(27-22-18)10-9-15(23)21-19(2,3)12-11-17(24)25/h5-8H,4,9-12H2,1-3H3,(H,21,23)(H,24,25). The quantitative estimate of drug-likeness (QED) is 0.656. The number of hydrogen-bond acceptors (Lipinski definition) is 6. The van der Waals surface area contributed by atoms with E-state index in [1.165, 1.54) is 0 Å². The molecule has 1 amide bonds. The number of hydrogen-bond donors (Lipinski definition) is 2. The van der Waals surface area contributed by atoms with Crippen molar-refractivity contribution in [1.82, 2.24) is 15.5 Å². The van der Waals surface area contributed by atoms with Crippen LogP contribution >= 0.6 is 0 Å². The van der Waals surface area contributed by atoms with Gasteiger partial charge in [0, 0.05) is 30.4 Å². The molecule has 1 aromatic carbocycles. The maximum absolute atomic E-state index is 12.1. The molecule has 0 spiro atoms. The maximum atomic E-state index is 12.1. The first kappa shape index (κ1) is 20.4. The molecule has 0 aliphatic rings. The van der Waals surface area contributed by atoms with Gasteiger partial charge in [-0.3, -0.25) is 9.59 Å². The minimum Gasteiger partial charge on any atom is -0.494 e. The lowest BCUT2D eigenvalue weighted by atomic mass is 9.98. The Morgan fingerprint density at radius 2 is 1.93 bits per heavy atom. The minimum absolute atomic E-state index is 0.00237. The highest BCUT2D eigenvalue weighted by Crippen LogP contribution is 2.20. The Kier molecular flexibility index (Phi) is 6.92. The molecule has 2 rings (SSSR count). The highest BCUT2D eigenvalue weighted by Gasteiger charge is 2.21. The van der Waals surface area contributed by atoms with Gasteiger partial charge in [0.25, 0.3) is 0 Å². The summed E-state index contributed by atoms with van der Waals surface area (Å²) in [7, 11) is 0. The molecule has 0 radical (unpaired) electrons. The zero-order valence-electron chi connectivity index (χ0n) is 15.8. The second kappa shape index (κ2) is 9.16. The van der Waals surface area contributed by atoms with E-state index in [9.17, 15) is 9.59 Å². The average Bonchev–Trinajstić information content (AvgIpc) is 3.08. The van der Waals surface area contributed by atoms with Crippen LogP contribution in [-0.2, 0) is 16.0 Å². The molecule has 0 saturated carbocycles. The van der Waals surface area contributed by atoms with E-state index in [1.54, 1.807) is 13.8 Å². The molecule has 2 aromatic rings. The van der Waals surface area contributed by atoms with E-state index in [0.29, 0.717) is 31.2 Å². The largest absolute Gasteiger partial charge is 0.494 e. The summed E-state index contributed by atoms with van der Waals surface area (Å²) in [6, 6.07) is 7.36.